The molecule has 1 aliphatic heterocycles. The van der Waals surface area contributed by atoms with Crippen molar-refractivity contribution in [1.29, 1.82) is 0 Å². The van der Waals surface area contributed by atoms with Crippen molar-refractivity contribution < 1.29 is 0 Å². The van der Waals surface area contributed by atoms with Crippen LogP contribution < -0.4 is 5.32 Å². The summed E-state index contributed by atoms with van der Waals surface area (Å²) < 4.78 is 0. The Morgan fingerprint density at radius 3 is 3.06 bits per heavy atom. The van der Waals surface area contributed by atoms with E-state index in [9.17, 15) is 0 Å². The lowest BCUT2D eigenvalue weighted by Gasteiger charge is -2.15. The lowest BCUT2D eigenvalue weighted by Crippen LogP contribution is -2.24. The number of thiophene rings is 1. The molecule has 1 aromatic rings. The summed E-state index contributed by atoms with van der Waals surface area (Å²) in [4.78, 5) is 3.81. The molecule has 1 saturated heterocycles. The van der Waals surface area contributed by atoms with E-state index in [4.69, 9.17) is 11.6 Å². The minimum atomic E-state index is 0. The molecule has 0 amide bonds. The highest BCUT2D eigenvalue weighted by Gasteiger charge is 2.22. The zero-order valence-electron chi connectivity index (χ0n) is 9.41. The first-order chi connectivity index (χ1) is 7.29. The minimum Gasteiger partial charge on any atom is -0.319 e. The summed E-state index contributed by atoms with van der Waals surface area (Å²) >= 11 is 7.85. The number of nitrogens with one attached hydrogen (secondary N) is 1. The second-order valence-corrected chi connectivity index (χ2v) is 5.55. The number of halogens is 2. The number of likely N-dealkylation sites (tertiary alicyclic amines) is 1. The maximum absolute atomic E-state index is 6.09. The van der Waals surface area contributed by atoms with Crippen LogP contribution in [0.5, 0.6) is 0 Å². The monoisotopic (exact) mass is 280 g/mol. The first-order valence-electron chi connectivity index (χ1n) is 5.38. The van der Waals surface area contributed by atoms with E-state index < -0.39 is 0 Å². The second kappa shape index (κ2) is 6.82. The number of rotatable bonds is 4. The summed E-state index contributed by atoms with van der Waals surface area (Å²) in [6.45, 7) is 4.57. The van der Waals surface area contributed by atoms with Crippen molar-refractivity contribution in [2.24, 2.45) is 5.92 Å². The van der Waals surface area contributed by atoms with Gasteiger partial charge in [0.15, 0.2) is 0 Å². The van der Waals surface area contributed by atoms with Crippen molar-refractivity contribution in [2.75, 3.05) is 26.7 Å². The van der Waals surface area contributed by atoms with Gasteiger partial charge in [0.1, 0.15) is 0 Å². The zero-order valence-corrected chi connectivity index (χ0v) is 11.8. The average Bonchev–Trinajstić information content (AvgIpc) is 2.79. The second-order valence-electron chi connectivity index (χ2n) is 4.14. The van der Waals surface area contributed by atoms with Crippen LogP contribution in [0.2, 0.25) is 5.02 Å². The molecule has 1 aromatic heterocycles. The fourth-order valence-corrected chi connectivity index (χ4v) is 3.29. The summed E-state index contributed by atoms with van der Waals surface area (Å²) in [7, 11) is 2.03. The molecule has 0 bridgehead atoms. The van der Waals surface area contributed by atoms with Crippen LogP contribution in [-0.2, 0) is 6.54 Å². The van der Waals surface area contributed by atoms with E-state index in [1.807, 2.05) is 13.1 Å². The van der Waals surface area contributed by atoms with Crippen LogP contribution in [-0.4, -0.2) is 31.6 Å². The normalized spacial score (nSPS) is 21.0. The Hall–Kier alpha value is 0.200. The third-order valence-corrected chi connectivity index (χ3v) is 4.29. The molecule has 2 rings (SSSR count). The summed E-state index contributed by atoms with van der Waals surface area (Å²) in [5, 5.41) is 6.25. The van der Waals surface area contributed by atoms with E-state index in [0.717, 1.165) is 24.0 Å². The SMILES string of the molecule is CNCC1CCN(Cc2sccc2Cl)C1.Cl. The molecule has 0 saturated carbocycles. The van der Waals surface area contributed by atoms with Gasteiger partial charge in [0.05, 0.1) is 5.02 Å². The van der Waals surface area contributed by atoms with E-state index in [1.54, 1.807) is 11.3 Å². The molecule has 5 heteroatoms. The Labute approximate surface area is 112 Å². The van der Waals surface area contributed by atoms with Gasteiger partial charge in [-0.15, -0.1) is 23.7 Å². The standard InChI is InChI=1S/C11H17ClN2S.ClH/c1-13-6-9-2-4-14(7-9)8-11-10(12)3-5-15-11;/h3,5,9,13H,2,4,6-8H2,1H3;1H. The van der Waals surface area contributed by atoms with E-state index in [2.05, 4.69) is 15.6 Å². The average molecular weight is 281 g/mol. The molecule has 1 atom stereocenters. The van der Waals surface area contributed by atoms with Gasteiger partial charge in [-0.25, -0.2) is 0 Å². The minimum absolute atomic E-state index is 0. The highest BCUT2D eigenvalue weighted by atomic mass is 35.5. The van der Waals surface area contributed by atoms with Crippen LogP contribution in [0.1, 0.15) is 11.3 Å². The molecule has 0 spiro atoms. The molecule has 16 heavy (non-hydrogen) atoms. The lowest BCUT2D eigenvalue weighted by atomic mass is 10.1. The van der Waals surface area contributed by atoms with Crippen LogP contribution in [0.15, 0.2) is 11.4 Å². The van der Waals surface area contributed by atoms with Gasteiger partial charge < -0.3 is 5.32 Å². The summed E-state index contributed by atoms with van der Waals surface area (Å²) in [5.41, 5.74) is 0. The Morgan fingerprint density at radius 2 is 2.44 bits per heavy atom. The van der Waals surface area contributed by atoms with Gasteiger partial charge in [0.2, 0.25) is 0 Å². The van der Waals surface area contributed by atoms with Gasteiger partial charge in [-0.3, -0.25) is 4.90 Å². The molecule has 0 aromatic carbocycles. The number of nitrogens with zero attached hydrogens (tertiary/aromatic N) is 1. The van der Waals surface area contributed by atoms with Gasteiger partial charge in [0.25, 0.3) is 0 Å². The summed E-state index contributed by atoms with van der Waals surface area (Å²) in [6, 6.07) is 1.99. The predicted octanol–water partition coefficient (Wildman–Crippen LogP) is 2.86. The molecule has 1 aliphatic rings. The third kappa shape index (κ3) is 3.60. The van der Waals surface area contributed by atoms with E-state index in [0.29, 0.717) is 0 Å². The van der Waals surface area contributed by atoms with Crippen molar-refractivity contribution in [3.05, 3.63) is 21.3 Å². The molecule has 0 aliphatic carbocycles. The molecule has 1 fully saturated rings. The molecule has 0 radical (unpaired) electrons. The molecule has 2 heterocycles. The van der Waals surface area contributed by atoms with Gasteiger partial charge in [-0.05, 0) is 43.9 Å². The number of hydrogen-bond acceptors (Lipinski definition) is 3. The first kappa shape index (κ1) is 14.3. The van der Waals surface area contributed by atoms with Crippen LogP contribution in [0, 0.1) is 5.92 Å². The predicted molar refractivity (Wildman–Crippen MR) is 73.9 cm³/mol. The van der Waals surface area contributed by atoms with E-state index in [-0.39, 0.29) is 12.4 Å². The Morgan fingerprint density at radius 1 is 1.62 bits per heavy atom. The molecule has 1 N–H and O–H groups in total. The molecular formula is C11H18Cl2N2S. The van der Waals surface area contributed by atoms with E-state index >= 15 is 0 Å². The fraction of sp³-hybridized carbons (Fsp3) is 0.636. The molecular weight excluding hydrogens is 263 g/mol. The topological polar surface area (TPSA) is 15.3 Å². The molecule has 2 nitrogen and oxygen atoms in total. The quantitative estimate of drug-likeness (QED) is 0.913. The largest absolute Gasteiger partial charge is 0.319 e. The number of hydrogen-bond donors (Lipinski definition) is 1. The fourth-order valence-electron chi connectivity index (χ4n) is 2.15. The Bertz CT molecular complexity index is 317. The van der Waals surface area contributed by atoms with Crippen LogP contribution in [0.4, 0.5) is 0 Å². The molecule has 1 unspecified atom stereocenters. The Kier molecular flexibility index (Phi) is 6.08. The van der Waals surface area contributed by atoms with Crippen molar-refractivity contribution in [3.8, 4) is 0 Å². The molecule has 92 valence electrons. The van der Waals surface area contributed by atoms with Crippen LogP contribution in [0.3, 0.4) is 0 Å². The zero-order chi connectivity index (χ0) is 10.7. The van der Waals surface area contributed by atoms with E-state index in [1.165, 1.54) is 24.4 Å². The van der Waals surface area contributed by atoms with Gasteiger partial charge in [-0.2, -0.15) is 0 Å². The van der Waals surface area contributed by atoms with Crippen molar-refractivity contribution in [1.82, 2.24) is 10.2 Å². The van der Waals surface area contributed by atoms with Gasteiger partial charge in [-0.1, -0.05) is 11.6 Å². The summed E-state index contributed by atoms with van der Waals surface area (Å²) in [6.07, 6.45) is 1.31. The highest BCUT2D eigenvalue weighted by molar-refractivity contribution is 7.10. The van der Waals surface area contributed by atoms with Gasteiger partial charge in [0, 0.05) is 18.0 Å². The Balaban J connectivity index is 0.00000128. The van der Waals surface area contributed by atoms with Crippen molar-refractivity contribution in [3.63, 3.8) is 0 Å². The lowest BCUT2D eigenvalue weighted by molar-refractivity contribution is 0.318. The first-order valence-corrected chi connectivity index (χ1v) is 6.64. The van der Waals surface area contributed by atoms with Crippen LogP contribution in [0.25, 0.3) is 0 Å². The van der Waals surface area contributed by atoms with Crippen LogP contribution >= 0.6 is 35.3 Å². The smallest absolute Gasteiger partial charge is 0.0558 e. The maximum atomic E-state index is 6.09. The summed E-state index contributed by atoms with van der Waals surface area (Å²) in [5.74, 6) is 0.814. The highest BCUT2D eigenvalue weighted by Crippen LogP contribution is 2.26. The van der Waals surface area contributed by atoms with Crippen molar-refractivity contribution in [2.45, 2.75) is 13.0 Å². The van der Waals surface area contributed by atoms with Gasteiger partial charge >= 0.3 is 0 Å². The van der Waals surface area contributed by atoms with Crippen molar-refractivity contribution >= 4 is 35.3 Å². The third-order valence-electron chi connectivity index (χ3n) is 2.92. The maximum Gasteiger partial charge on any atom is 0.0558 e.